The molecule has 2 aromatic rings. The van der Waals surface area contributed by atoms with Gasteiger partial charge in [0.15, 0.2) is 0 Å². The number of aromatic hydroxyl groups is 1. The summed E-state index contributed by atoms with van der Waals surface area (Å²) in [5.41, 5.74) is 2.71. The van der Waals surface area contributed by atoms with Gasteiger partial charge < -0.3 is 15.3 Å². The lowest BCUT2D eigenvalue weighted by atomic mass is 10.0. The molecule has 3 rings (SSSR count). The molecule has 0 aliphatic heterocycles. The molecule has 0 aromatic heterocycles. The van der Waals surface area contributed by atoms with Crippen LogP contribution in [0.2, 0.25) is 0 Å². The maximum absolute atomic E-state index is 14.1. The van der Waals surface area contributed by atoms with E-state index in [1.165, 1.54) is 0 Å². The van der Waals surface area contributed by atoms with E-state index in [4.69, 9.17) is 0 Å². The van der Waals surface area contributed by atoms with Crippen molar-refractivity contribution in [2.24, 2.45) is 0 Å². The third-order valence-corrected chi connectivity index (χ3v) is 5.33. The highest BCUT2D eigenvalue weighted by molar-refractivity contribution is 5.76. The average Bonchev–Trinajstić information content (AvgIpc) is 2.96. The van der Waals surface area contributed by atoms with Crippen molar-refractivity contribution in [3.63, 3.8) is 0 Å². The lowest BCUT2D eigenvalue weighted by Crippen LogP contribution is -2.33. The molecule has 2 aromatic carbocycles. The van der Waals surface area contributed by atoms with Crippen LogP contribution in [0.25, 0.3) is 0 Å². The summed E-state index contributed by atoms with van der Waals surface area (Å²) in [6, 6.07) is 14.6. The fraction of sp³-hybridized carbons (Fsp3) is 0.409. The molecule has 2 N–H and O–H groups in total. The smallest absolute Gasteiger partial charge is 0.220 e. The summed E-state index contributed by atoms with van der Waals surface area (Å²) in [6.45, 7) is 0. The third-order valence-electron chi connectivity index (χ3n) is 5.33. The minimum atomic E-state index is -1.00. The van der Waals surface area contributed by atoms with Crippen molar-refractivity contribution in [2.45, 2.75) is 43.9 Å². The van der Waals surface area contributed by atoms with Crippen molar-refractivity contribution in [2.75, 3.05) is 14.1 Å². The largest absolute Gasteiger partial charge is 0.508 e. The zero-order chi connectivity index (χ0) is 19.4. The second kappa shape index (κ2) is 8.53. The molecular formula is C22H27FN2O2. The van der Waals surface area contributed by atoms with E-state index in [0.29, 0.717) is 24.8 Å². The number of phenols is 1. The van der Waals surface area contributed by atoms with Crippen LogP contribution in [0.4, 0.5) is 4.39 Å². The Morgan fingerprint density at radius 3 is 2.52 bits per heavy atom. The third kappa shape index (κ3) is 4.86. The minimum Gasteiger partial charge on any atom is -0.508 e. The van der Waals surface area contributed by atoms with E-state index in [9.17, 15) is 14.3 Å². The lowest BCUT2D eigenvalue weighted by Gasteiger charge is -2.24. The lowest BCUT2D eigenvalue weighted by molar-refractivity contribution is -0.122. The maximum atomic E-state index is 14.1. The fourth-order valence-electron chi connectivity index (χ4n) is 3.72. The quantitative estimate of drug-likeness (QED) is 0.777. The van der Waals surface area contributed by atoms with Gasteiger partial charge in [-0.3, -0.25) is 4.79 Å². The second-order valence-electron chi connectivity index (χ2n) is 7.48. The van der Waals surface area contributed by atoms with Gasteiger partial charge in [0, 0.05) is 18.9 Å². The number of halogens is 1. The number of carbonyl (C=O) groups is 1. The van der Waals surface area contributed by atoms with Crippen molar-refractivity contribution in [3.05, 3.63) is 65.2 Å². The number of phenolic OH excluding ortho intramolecular Hbond substituents is 1. The molecule has 0 saturated heterocycles. The monoisotopic (exact) mass is 370 g/mol. The molecule has 3 atom stereocenters. The van der Waals surface area contributed by atoms with E-state index in [1.807, 2.05) is 44.4 Å². The number of benzene rings is 2. The number of likely N-dealkylation sites (N-methyl/N-ethyl adjacent to an activating group) is 1. The van der Waals surface area contributed by atoms with Crippen LogP contribution in [-0.2, 0) is 11.2 Å². The fourth-order valence-corrected chi connectivity index (χ4v) is 3.72. The van der Waals surface area contributed by atoms with E-state index in [1.54, 1.807) is 18.2 Å². The molecule has 1 aliphatic rings. The summed E-state index contributed by atoms with van der Waals surface area (Å²) < 4.78 is 14.1. The van der Waals surface area contributed by atoms with Gasteiger partial charge >= 0.3 is 0 Å². The predicted molar refractivity (Wildman–Crippen MR) is 104 cm³/mol. The molecule has 0 bridgehead atoms. The summed E-state index contributed by atoms with van der Waals surface area (Å²) in [5, 5.41) is 12.4. The van der Waals surface area contributed by atoms with Gasteiger partial charge in [-0.25, -0.2) is 4.39 Å². The molecule has 0 fully saturated rings. The van der Waals surface area contributed by atoms with Gasteiger partial charge in [0.1, 0.15) is 11.9 Å². The Hall–Kier alpha value is -2.40. The molecule has 2 unspecified atom stereocenters. The first kappa shape index (κ1) is 19.4. The molecular weight excluding hydrogens is 343 g/mol. The van der Waals surface area contributed by atoms with Crippen molar-refractivity contribution >= 4 is 5.91 Å². The van der Waals surface area contributed by atoms with Crippen LogP contribution in [0, 0.1) is 0 Å². The number of hydrogen-bond donors (Lipinski definition) is 2. The molecule has 0 radical (unpaired) electrons. The zero-order valence-electron chi connectivity index (χ0n) is 15.9. The van der Waals surface area contributed by atoms with Crippen LogP contribution >= 0.6 is 0 Å². The summed E-state index contributed by atoms with van der Waals surface area (Å²) in [7, 11) is 4.01. The first-order chi connectivity index (χ1) is 12.9. The van der Waals surface area contributed by atoms with Crippen molar-refractivity contribution in [1.29, 1.82) is 0 Å². The van der Waals surface area contributed by atoms with E-state index in [2.05, 4.69) is 10.2 Å². The Morgan fingerprint density at radius 2 is 1.85 bits per heavy atom. The Bertz CT molecular complexity index is 776. The van der Waals surface area contributed by atoms with E-state index in [-0.39, 0.29) is 23.7 Å². The number of rotatable bonds is 7. The van der Waals surface area contributed by atoms with Gasteiger partial charge in [0.25, 0.3) is 0 Å². The number of fused-ring (bicyclic) bond motifs is 1. The van der Waals surface area contributed by atoms with E-state index in [0.717, 1.165) is 17.5 Å². The van der Waals surface area contributed by atoms with E-state index >= 15 is 0 Å². The Kier molecular flexibility index (Phi) is 6.11. The molecule has 0 spiro atoms. The van der Waals surface area contributed by atoms with Gasteiger partial charge in [0.05, 0.1) is 6.04 Å². The standard InChI is InChI=1S/C22H27FN2O2/c1-25(2)16(13-15-7-10-17(26)11-8-15)9-12-22(27)24-21-14-20(23)18-5-3-4-6-19(18)21/h3-8,10-11,16,20-21,26H,9,12-14H2,1-2H3,(H,24,27)/t16-,20?,21?/m1/s1. The molecule has 1 aliphatic carbocycles. The number of amides is 1. The summed E-state index contributed by atoms with van der Waals surface area (Å²) in [5.74, 6) is 0.212. The number of nitrogens with one attached hydrogen (secondary N) is 1. The molecule has 1 amide bonds. The number of nitrogens with zero attached hydrogens (tertiary/aromatic N) is 1. The van der Waals surface area contributed by atoms with Crippen LogP contribution in [0.3, 0.4) is 0 Å². The number of carbonyl (C=O) groups excluding carboxylic acids is 1. The molecule has 27 heavy (non-hydrogen) atoms. The molecule has 4 nitrogen and oxygen atoms in total. The van der Waals surface area contributed by atoms with Gasteiger partial charge in [-0.05, 0) is 55.8 Å². The van der Waals surface area contributed by atoms with Crippen LogP contribution in [0.15, 0.2) is 48.5 Å². The van der Waals surface area contributed by atoms with Crippen molar-refractivity contribution in [3.8, 4) is 5.75 Å². The molecule has 144 valence electrons. The maximum Gasteiger partial charge on any atom is 0.220 e. The SMILES string of the molecule is CN(C)[C@H](CCC(=O)NC1CC(F)c2ccccc21)Cc1ccc(O)cc1. The summed E-state index contributed by atoms with van der Waals surface area (Å²) in [4.78, 5) is 14.6. The van der Waals surface area contributed by atoms with Crippen LogP contribution < -0.4 is 5.32 Å². The topological polar surface area (TPSA) is 52.6 Å². The Balaban J connectivity index is 1.55. The Labute approximate surface area is 160 Å². The number of alkyl halides is 1. The molecule has 5 heteroatoms. The summed E-state index contributed by atoms with van der Waals surface area (Å²) >= 11 is 0. The van der Waals surface area contributed by atoms with Crippen LogP contribution in [-0.4, -0.2) is 36.1 Å². The van der Waals surface area contributed by atoms with E-state index < -0.39 is 6.17 Å². The van der Waals surface area contributed by atoms with Gasteiger partial charge in [-0.2, -0.15) is 0 Å². The highest BCUT2D eigenvalue weighted by atomic mass is 19.1. The van der Waals surface area contributed by atoms with Gasteiger partial charge in [-0.1, -0.05) is 36.4 Å². The number of hydrogen-bond acceptors (Lipinski definition) is 3. The van der Waals surface area contributed by atoms with Gasteiger partial charge in [-0.15, -0.1) is 0 Å². The van der Waals surface area contributed by atoms with Crippen LogP contribution in [0.1, 0.15) is 48.2 Å². The highest BCUT2D eigenvalue weighted by Gasteiger charge is 2.31. The highest BCUT2D eigenvalue weighted by Crippen LogP contribution is 2.40. The van der Waals surface area contributed by atoms with Crippen molar-refractivity contribution in [1.82, 2.24) is 10.2 Å². The van der Waals surface area contributed by atoms with Crippen LogP contribution in [0.5, 0.6) is 5.75 Å². The first-order valence-corrected chi connectivity index (χ1v) is 9.40. The average molecular weight is 370 g/mol. The van der Waals surface area contributed by atoms with Gasteiger partial charge in [0.2, 0.25) is 5.91 Å². The molecule has 0 heterocycles. The van der Waals surface area contributed by atoms with Crippen molar-refractivity contribution < 1.29 is 14.3 Å². The molecule has 0 saturated carbocycles. The predicted octanol–water partition coefficient (Wildman–Crippen LogP) is 3.92. The zero-order valence-corrected chi connectivity index (χ0v) is 15.9. The second-order valence-corrected chi connectivity index (χ2v) is 7.48. The normalized spacial score (nSPS) is 19.7. The Morgan fingerprint density at radius 1 is 1.19 bits per heavy atom. The minimum absolute atomic E-state index is 0.0403. The summed E-state index contributed by atoms with van der Waals surface area (Å²) in [6.07, 6.45) is 1.23. The first-order valence-electron chi connectivity index (χ1n) is 9.40.